The Hall–Kier alpha value is -0.900. The summed E-state index contributed by atoms with van der Waals surface area (Å²) >= 11 is 0. The van der Waals surface area contributed by atoms with Gasteiger partial charge in [-0.3, -0.25) is 14.5 Å². The monoisotopic (exact) mass is 313 g/mol. The van der Waals surface area contributed by atoms with Crippen LogP contribution in [0.4, 0.5) is 0 Å². The van der Waals surface area contributed by atoms with Crippen LogP contribution in [0, 0.1) is 0 Å². The summed E-state index contributed by atoms with van der Waals surface area (Å²) in [4.78, 5) is 25.0. The van der Waals surface area contributed by atoms with Crippen molar-refractivity contribution in [3.63, 3.8) is 0 Å². The van der Waals surface area contributed by atoms with Crippen molar-refractivity contribution in [2.75, 3.05) is 7.05 Å². The van der Waals surface area contributed by atoms with Crippen LogP contribution in [0.25, 0.3) is 0 Å². The zero-order valence-electron chi connectivity index (χ0n) is 14.9. The third-order valence-corrected chi connectivity index (χ3v) is 4.29. The van der Waals surface area contributed by atoms with Gasteiger partial charge >= 0.3 is 5.97 Å². The molecule has 0 radical (unpaired) electrons. The molecule has 0 aliphatic rings. The Morgan fingerprint density at radius 3 is 1.77 bits per heavy atom. The van der Waals surface area contributed by atoms with Crippen LogP contribution in [0.1, 0.15) is 85.0 Å². The van der Waals surface area contributed by atoms with E-state index in [0.717, 1.165) is 19.3 Å². The number of unbranched alkanes of at least 4 members (excludes halogenated alkanes) is 8. The quantitative estimate of drug-likeness (QED) is 0.384. The van der Waals surface area contributed by atoms with E-state index >= 15 is 0 Å². The molecule has 0 aliphatic heterocycles. The minimum absolute atomic E-state index is 0.0492. The molecular weight excluding hydrogens is 278 g/mol. The summed E-state index contributed by atoms with van der Waals surface area (Å²) in [6, 6.07) is -0.942. The molecule has 0 aromatic rings. The Bertz CT molecular complexity index is 315. The average molecular weight is 313 g/mol. The number of Topliss-reactive ketones (excluding diaryl/α,β-unsaturated/α-hetero) is 1. The third kappa shape index (κ3) is 9.19. The van der Waals surface area contributed by atoms with Gasteiger partial charge in [0.25, 0.3) is 0 Å². The Labute approximate surface area is 136 Å². The first-order valence-corrected chi connectivity index (χ1v) is 8.89. The summed E-state index contributed by atoms with van der Waals surface area (Å²) < 4.78 is 0. The molecule has 22 heavy (non-hydrogen) atoms. The van der Waals surface area contributed by atoms with Gasteiger partial charge in [0.1, 0.15) is 0 Å². The zero-order valence-corrected chi connectivity index (χ0v) is 14.9. The number of carbonyl (C=O) groups is 2. The van der Waals surface area contributed by atoms with Crippen molar-refractivity contribution in [1.29, 1.82) is 0 Å². The molecule has 0 fully saturated rings. The van der Waals surface area contributed by atoms with E-state index in [4.69, 9.17) is 0 Å². The molecule has 0 rings (SSSR count). The summed E-state index contributed by atoms with van der Waals surface area (Å²) in [5.74, 6) is -1.19. The summed E-state index contributed by atoms with van der Waals surface area (Å²) in [6.45, 7) is 6.03. The standard InChI is InChI=1S/C18H35NO3/c1-5-6-7-8-9-10-11-12-13-14-16(20)17(18(21)22)19(4)15(2)3/h15,17H,5-14H2,1-4H3,(H,21,22)/t17-/m0/s1. The molecule has 0 aliphatic carbocycles. The predicted molar refractivity (Wildman–Crippen MR) is 91.2 cm³/mol. The minimum Gasteiger partial charge on any atom is -0.480 e. The fourth-order valence-corrected chi connectivity index (χ4v) is 2.58. The van der Waals surface area contributed by atoms with Crippen LogP contribution in [0.3, 0.4) is 0 Å². The first-order chi connectivity index (χ1) is 10.4. The fourth-order valence-electron chi connectivity index (χ4n) is 2.58. The van der Waals surface area contributed by atoms with E-state index in [2.05, 4.69) is 6.92 Å². The van der Waals surface area contributed by atoms with Crippen LogP contribution in [-0.4, -0.2) is 40.9 Å². The number of rotatable bonds is 14. The molecule has 0 saturated carbocycles. The van der Waals surface area contributed by atoms with E-state index in [1.54, 1.807) is 11.9 Å². The first kappa shape index (κ1) is 21.1. The maximum atomic E-state index is 12.1. The highest BCUT2D eigenvalue weighted by Gasteiger charge is 2.30. The van der Waals surface area contributed by atoms with E-state index in [-0.39, 0.29) is 11.8 Å². The largest absolute Gasteiger partial charge is 0.480 e. The molecule has 0 aromatic carbocycles. The molecule has 0 spiro atoms. The molecule has 4 heteroatoms. The van der Waals surface area contributed by atoms with E-state index in [9.17, 15) is 14.7 Å². The van der Waals surface area contributed by atoms with Gasteiger partial charge in [-0.25, -0.2) is 0 Å². The smallest absolute Gasteiger partial charge is 0.328 e. The predicted octanol–water partition coefficient (Wildman–Crippen LogP) is 4.27. The van der Waals surface area contributed by atoms with Crippen LogP contribution >= 0.6 is 0 Å². The molecule has 0 amide bonds. The van der Waals surface area contributed by atoms with Crippen molar-refractivity contribution < 1.29 is 14.7 Å². The van der Waals surface area contributed by atoms with Gasteiger partial charge in [-0.05, 0) is 27.3 Å². The Balaban J connectivity index is 3.84. The van der Waals surface area contributed by atoms with Gasteiger partial charge in [0.2, 0.25) is 0 Å². The van der Waals surface area contributed by atoms with E-state index < -0.39 is 12.0 Å². The van der Waals surface area contributed by atoms with Crippen LogP contribution < -0.4 is 0 Å². The van der Waals surface area contributed by atoms with Crippen molar-refractivity contribution in [3.05, 3.63) is 0 Å². The lowest BCUT2D eigenvalue weighted by molar-refractivity contribution is -0.148. The molecule has 1 atom stereocenters. The van der Waals surface area contributed by atoms with Crippen LogP contribution in [-0.2, 0) is 9.59 Å². The average Bonchev–Trinajstić information content (AvgIpc) is 2.45. The lowest BCUT2D eigenvalue weighted by atomic mass is 10.0. The van der Waals surface area contributed by atoms with Crippen molar-refractivity contribution in [2.45, 2.75) is 97.1 Å². The van der Waals surface area contributed by atoms with Gasteiger partial charge < -0.3 is 5.11 Å². The lowest BCUT2D eigenvalue weighted by Gasteiger charge is -2.27. The van der Waals surface area contributed by atoms with Gasteiger partial charge in [-0.2, -0.15) is 0 Å². The number of hydrogen-bond acceptors (Lipinski definition) is 3. The Kier molecular flexibility index (Phi) is 12.1. The topological polar surface area (TPSA) is 57.6 Å². The number of carbonyl (C=O) groups excluding carboxylic acids is 1. The second-order valence-electron chi connectivity index (χ2n) is 6.54. The molecule has 4 nitrogen and oxygen atoms in total. The highest BCUT2D eigenvalue weighted by Crippen LogP contribution is 2.13. The van der Waals surface area contributed by atoms with Crippen LogP contribution in [0.5, 0.6) is 0 Å². The highest BCUT2D eigenvalue weighted by atomic mass is 16.4. The number of likely N-dealkylation sites (N-methyl/N-ethyl adjacent to an activating group) is 1. The molecule has 0 heterocycles. The normalized spacial score (nSPS) is 12.8. The SMILES string of the molecule is CCCCCCCCCCCC(=O)[C@@H](C(=O)O)N(C)C(C)C. The van der Waals surface area contributed by atoms with Gasteiger partial charge in [0, 0.05) is 12.5 Å². The van der Waals surface area contributed by atoms with Crippen molar-refractivity contribution in [3.8, 4) is 0 Å². The van der Waals surface area contributed by atoms with E-state index in [0.29, 0.717) is 6.42 Å². The molecule has 130 valence electrons. The molecular formula is C18H35NO3. The summed E-state index contributed by atoms with van der Waals surface area (Å²) in [5.41, 5.74) is 0. The number of ketones is 1. The van der Waals surface area contributed by atoms with Gasteiger partial charge in [0.15, 0.2) is 11.8 Å². The van der Waals surface area contributed by atoms with E-state index in [1.807, 2.05) is 13.8 Å². The zero-order chi connectivity index (χ0) is 17.0. The second-order valence-corrected chi connectivity index (χ2v) is 6.54. The number of nitrogens with zero attached hydrogens (tertiary/aromatic N) is 1. The molecule has 0 bridgehead atoms. The van der Waals surface area contributed by atoms with Gasteiger partial charge in [-0.1, -0.05) is 58.3 Å². The summed E-state index contributed by atoms with van der Waals surface area (Å²) in [6.07, 6.45) is 11.1. The maximum absolute atomic E-state index is 12.1. The number of carboxylic acids is 1. The fraction of sp³-hybridized carbons (Fsp3) is 0.889. The number of aliphatic carboxylic acids is 1. The summed E-state index contributed by atoms with van der Waals surface area (Å²) in [7, 11) is 1.71. The number of carboxylic acid groups (broad SMARTS) is 1. The van der Waals surface area contributed by atoms with Crippen LogP contribution in [0.15, 0.2) is 0 Å². The van der Waals surface area contributed by atoms with E-state index in [1.165, 1.54) is 38.5 Å². The third-order valence-electron chi connectivity index (χ3n) is 4.29. The molecule has 0 aromatic heterocycles. The first-order valence-electron chi connectivity index (χ1n) is 8.89. The Morgan fingerprint density at radius 2 is 1.36 bits per heavy atom. The minimum atomic E-state index is -1.03. The Morgan fingerprint density at radius 1 is 0.909 bits per heavy atom. The second kappa shape index (κ2) is 12.6. The summed E-state index contributed by atoms with van der Waals surface area (Å²) in [5, 5.41) is 9.24. The van der Waals surface area contributed by atoms with Crippen molar-refractivity contribution in [1.82, 2.24) is 4.90 Å². The van der Waals surface area contributed by atoms with Crippen molar-refractivity contribution >= 4 is 11.8 Å². The number of hydrogen-bond donors (Lipinski definition) is 1. The maximum Gasteiger partial charge on any atom is 0.328 e. The highest BCUT2D eigenvalue weighted by molar-refractivity contribution is 6.02. The van der Waals surface area contributed by atoms with Gasteiger partial charge in [0.05, 0.1) is 0 Å². The van der Waals surface area contributed by atoms with Gasteiger partial charge in [-0.15, -0.1) is 0 Å². The van der Waals surface area contributed by atoms with Crippen molar-refractivity contribution in [2.24, 2.45) is 0 Å². The molecule has 0 saturated heterocycles. The lowest BCUT2D eigenvalue weighted by Crippen LogP contribution is -2.47. The van der Waals surface area contributed by atoms with Crippen LogP contribution in [0.2, 0.25) is 0 Å². The molecule has 1 N–H and O–H groups in total. The molecule has 0 unspecified atom stereocenters.